The topological polar surface area (TPSA) is 39.1 Å². The van der Waals surface area contributed by atoms with Gasteiger partial charge in [-0.3, -0.25) is 5.32 Å². The molecule has 1 fully saturated rings. The molecule has 0 spiro atoms. The monoisotopic (exact) mass is 293 g/mol. The molecule has 1 aliphatic rings. The molecule has 0 aromatic heterocycles. The van der Waals surface area contributed by atoms with Crippen LogP contribution in [-0.2, 0) is 0 Å². The number of nitrogens with zero attached hydrogens (tertiary/aromatic N) is 2. The van der Waals surface area contributed by atoms with Gasteiger partial charge in [-0.15, -0.1) is 0 Å². The van der Waals surface area contributed by atoms with Crippen LogP contribution in [0.4, 0.5) is 0 Å². The maximum absolute atomic E-state index is 9.59. The number of nitrogens with one attached hydrogen (secondary N) is 1. The van der Waals surface area contributed by atoms with Gasteiger partial charge in [-0.25, -0.2) is 0 Å². The molecule has 1 rings (SSSR count). The summed E-state index contributed by atoms with van der Waals surface area (Å²) in [5.41, 5.74) is -0.285. The average Bonchev–Trinajstić information content (AvgIpc) is 3.32. The molecule has 2 atom stereocenters. The molecule has 0 aromatic carbocycles. The first-order chi connectivity index (χ1) is 10.1. The second-order valence-corrected chi connectivity index (χ2v) is 6.72. The van der Waals surface area contributed by atoms with Crippen LogP contribution in [0.2, 0.25) is 0 Å². The Bertz CT molecular complexity index is 319. The minimum Gasteiger partial charge on any atom is -0.301 e. The third-order valence-corrected chi connectivity index (χ3v) is 4.94. The van der Waals surface area contributed by atoms with Crippen LogP contribution in [0.3, 0.4) is 0 Å². The van der Waals surface area contributed by atoms with Gasteiger partial charge in [-0.1, -0.05) is 27.2 Å². The zero-order chi connectivity index (χ0) is 15.7. The summed E-state index contributed by atoms with van der Waals surface area (Å²) in [5.74, 6) is 0. The van der Waals surface area contributed by atoms with Crippen molar-refractivity contribution in [1.82, 2.24) is 10.2 Å². The van der Waals surface area contributed by atoms with E-state index in [9.17, 15) is 5.26 Å². The lowest BCUT2D eigenvalue weighted by Crippen LogP contribution is -2.45. The first-order valence-corrected chi connectivity index (χ1v) is 9.03. The fraction of sp³-hybridized carbons (Fsp3) is 0.944. The van der Waals surface area contributed by atoms with Gasteiger partial charge in [-0.2, -0.15) is 5.26 Å². The van der Waals surface area contributed by atoms with Crippen molar-refractivity contribution in [1.29, 1.82) is 5.26 Å². The van der Waals surface area contributed by atoms with Crippen LogP contribution in [0.1, 0.15) is 79.1 Å². The molecule has 2 unspecified atom stereocenters. The SMILES string of the molecule is CCCCN(CCCC(C#N)(CC)NC1CC1)C(C)CC. The average molecular weight is 293 g/mol. The summed E-state index contributed by atoms with van der Waals surface area (Å²) in [7, 11) is 0. The zero-order valence-corrected chi connectivity index (χ0v) is 14.6. The van der Waals surface area contributed by atoms with E-state index in [1.807, 2.05) is 0 Å². The minimum atomic E-state index is -0.285. The summed E-state index contributed by atoms with van der Waals surface area (Å²) >= 11 is 0. The minimum absolute atomic E-state index is 0.285. The van der Waals surface area contributed by atoms with Gasteiger partial charge in [0, 0.05) is 12.1 Å². The molecule has 0 saturated heterocycles. The number of nitriles is 1. The predicted octanol–water partition coefficient (Wildman–Crippen LogP) is 4.09. The molecular formula is C18H35N3. The molecule has 0 aliphatic heterocycles. The van der Waals surface area contributed by atoms with Crippen LogP contribution in [0.15, 0.2) is 0 Å². The molecule has 0 heterocycles. The summed E-state index contributed by atoms with van der Waals surface area (Å²) in [6, 6.07) is 3.83. The molecule has 0 aromatic rings. The molecule has 1 aliphatic carbocycles. The summed E-state index contributed by atoms with van der Waals surface area (Å²) in [5, 5.41) is 13.2. The molecule has 3 nitrogen and oxygen atoms in total. The molecule has 3 heteroatoms. The van der Waals surface area contributed by atoms with Crippen molar-refractivity contribution in [2.24, 2.45) is 0 Å². The van der Waals surface area contributed by atoms with Gasteiger partial charge in [0.05, 0.1) is 6.07 Å². The lowest BCUT2D eigenvalue weighted by atomic mass is 9.91. The van der Waals surface area contributed by atoms with Crippen molar-refractivity contribution in [3.63, 3.8) is 0 Å². The Morgan fingerprint density at radius 2 is 1.90 bits per heavy atom. The Hall–Kier alpha value is -0.590. The van der Waals surface area contributed by atoms with Gasteiger partial charge < -0.3 is 4.90 Å². The number of hydrogen-bond acceptors (Lipinski definition) is 3. The summed E-state index contributed by atoms with van der Waals surface area (Å²) in [4.78, 5) is 2.61. The van der Waals surface area contributed by atoms with Crippen molar-refractivity contribution in [3.05, 3.63) is 0 Å². The number of unbranched alkanes of at least 4 members (excludes halogenated alkanes) is 1. The largest absolute Gasteiger partial charge is 0.301 e. The first kappa shape index (κ1) is 18.5. The van der Waals surface area contributed by atoms with E-state index >= 15 is 0 Å². The van der Waals surface area contributed by atoms with E-state index in [1.165, 1.54) is 38.6 Å². The van der Waals surface area contributed by atoms with Crippen molar-refractivity contribution in [3.8, 4) is 6.07 Å². The molecule has 1 saturated carbocycles. The first-order valence-electron chi connectivity index (χ1n) is 9.03. The highest BCUT2D eigenvalue weighted by Gasteiger charge is 2.34. The van der Waals surface area contributed by atoms with E-state index in [0.29, 0.717) is 12.1 Å². The fourth-order valence-electron chi connectivity index (χ4n) is 2.89. The van der Waals surface area contributed by atoms with Crippen molar-refractivity contribution in [2.75, 3.05) is 13.1 Å². The van der Waals surface area contributed by atoms with Crippen molar-refractivity contribution in [2.45, 2.75) is 96.7 Å². The molecular weight excluding hydrogens is 258 g/mol. The molecule has 0 radical (unpaired) electrons. The predicted molar refractivity (Wildman–Crippen MR) is 90.3 cm³/mol. The maximum atomic E-state index is 9.59. The third-order valence-electron chi connectivity index (χ3n) is 4.94. The van der Waals surface area contributed by atoms with Gasteiger partial charge >= 0.3 is 0 Å². The van der Waals surface area contributed by atoms with Gasteiger partial charge in [0.2, 0.25) is 0 Å². The summed E-state index contributed by atoms with van der Waals surface area (Å²) in [6.07, 6.45) is 9.26. The molecule has 0 amide bonds. The number of rotatable bonds is 12. The van der Waals surface area contributed by atoms with E-state index in [0.717, 1.165) is 25.8 Å². The lowest BCUT2D eigenvalue weighted by Gasteiger charge is -2.31. The Balaban J connectivity index is 2.43. The standard InChI is InChI=1S/C18H35N3/c1-5-8-13-21(16(4)6-2)14-9-12-18(7-3,15-19)20-17-10-11-17/h16-17,20H,5-14H2,1-4H3. The normalized spacial score (nSPS) is 19.2. The summed E-state index contributed by atoms with van der Waals surface area (Å²) in [6.45, 7) is 11.3. The van der Waals surface area contributed by atoms with Gasteiger partial charge in [0.15, 0.2) is 0 Å². The maximum Gasteiger partial charge on any atom is 0.106 e. The van der Waals surface area contributed by atoms with Gasteiger partial charge in [0.25, 0.3) is 0 Å². The lowest BCUT2D eigenvalue weighted by molar-refractivity contribution is 0.190. The highest BCUT2D eigenvalue weighted by molar-refractivity contribution is 5.09. The van der Waals surface area contributed by atoms with Crippen LogP contribution >= 0.6 is 0 Å². The fourth-order valence-corrected chi connectivity index (χ4v) is 2.89. The van der Waals surface area contributed by atoms with Crippen LogP contribution in [0, 0.1) is 11.3 Å². The Kier molecular flexibility index (Phi) is 8.29. The highest BCUT2D eigenvalue weighted by atomic mass is 15.1. The Morgan fingerprint density at radius 1 is 1.24 bits per heavy atom. The van der Waals surface area contributed by atoms with Gasteiger partial charge in [0.1, 0.15) is 5.54 Å². The zero-order valence-electron chi connectivity index (χ0n) is 14.6. The Labute approximate surface area is 132 Å². The molecule has 1 N–H and O–H groups in total. The van der Waals surface area contributed by atoms with E-state index in [1.54, 1.807) is 0 Å². The van der Waals surface area contributed by atoms with E-state index in [4.69, 9.17) is 0 Å². The Morgan fingerprint density at radius 3 is 2.38 bits per heavy atom. The van der Waals surface area contributed by atoms with E-state index in [2.05, 4.69) is 44.0 Å². The van der Waals surface area contributed by atoms with Crippen molar-refractivity contribution < 1.29 is 0 Å². The number of hydrogen-bond donors (Lipinski definition) is 1. The summed E-state index contributed by atoms with van der Waals surface area (Å²) < 4.78 is 0. The van der Waals surface area contributed by atoms with Crippen LogP contribution in [0.5, 0.6) is 0 Å². The van der Waals surface area contributed by atoms with Gasteiger partial charge in [-0.05, 0) is 65.0 Å². The van der Waals surface area contributed by atoms with Crippen LogP contribution in [-0.4, -0.2) is 35.6 Å². The van der Waals surface area contributed by atoms with E-state index in [-0.39, 0.29) is 5.54 Å². The quantitative estimate of drug-likeness (QED) is 0.589. The molecule has 21 heavy (non-hydrogen) atoms. The second kappa shape index (κ2) is 9.43. The molecule has 122 valence electrons. The smallest absolute Gasteiger partial charge is 0.106 e. The van der Waals surface area contributed by atoms with Crippen LogP contribution < -0.4 is 5.32 Å². The highest BCUT2D eigenvalue weighted by Crippen LogP contribution is 2.26. The van der Waals surface area contributed by atoms with Crippen LogP contribution in [0.25, 0.3) is 0 Å². The third kappa shape index (κ3) is 6.36. The second-order valence-electron chi connectivity index (χ2n) is 6.72. The van der Waals surface area contributed by atoms with E-state index < -0.39 is 0 Å². The van der Waals surface area contributed by atoms with Crippen molar-refractivity contribution >= 4 is 0 Å². The molecule has 0 bridgehead atoms.